The number of hydrogen-bond acceptors (Lipinski definition) is 4. The molecule has 32 heavy (non-hydrogen) atoms. The van der Waals surface area contributed by atoms with E-state index in [-0.39, 0.29) is 0 Å². The molecule has 0 unspecified atom stereocenters. The van der Waals surface area contributed by atoms with Crippen molar-refractivity contribution in [1.82, 2.24) is 0 Å². The van der Waals surface area contributed by atoms with E-state index in [9.17, 15) is 9.59 Å². The van der Waals surface area contributed by atoms with Gasteiger partial charge < -0.3 is 9.47 Å². The van der Waals surface area contributed by atoms with Crippen molar-refractivity contribution in [3.8, 4) is 11.1 Å². The molecule has 0 saturated heterocycles. The fourth-order valence-corrected chi connectivity index (χ4v) is 3.97. The van der Waals surface area contributed by atoms with Crippen LogP contribution < -0.4 is 0 Å². The maximum absolute atomic E-state index is 13.1. The summed E-state index contributed by atoms with van der Waals surface area (Å²) >= 11 is 0. The summed E-state index contributed by atoms with van der Waals surface area (Å²) in [5.41, 5.74) is 2.28. The van der Waals surface area contributed by atoms with Gasteiger partial charge in [0, 0.05) is 11.1 Å². The van der Waals surface area contributed by atoms with Crippen LogP contribution in [0.15, 0.2) is 72.8 Å². The van der Waals surface area contributed by atoms with Crippen LogP contribution in [-0.2, 0) is 9.47 Å². The van der Waals surface area contributed by atoms with E-state index < -0.39 is 11.9 Å². The lowest BCUT2D eigenvalue weighted by Crippen LogP contribution is -2.11. The molecule has 0 saturated carbocycles. The Hall–Kier alpha value is -3.66. The smallest absolute Gasteiger partial charge is 0.338 e. The largest absolute Gasteiger partial charge is 0.462 e. The Morgan fingerprint density at radius 2 is 1.00 bits per heavy atom. The van der Waals surface area contributed by atoms with E-state index in [0.29, 0.717) is 35.5 Å². The van der Waals surface area contributed by atoms with Crippen molar-refractivity contribution in [1.29, 1.82) is 0 Å². The van der Waals surface area contributed by atoms with Crippen molar-refractivity contribution in [2.75, 3.05) is 13.2 Å². The number of fused-ring (bicyclic) bond motifs is 2. The van der Waals surface area contributed by atoms with Crippen molar-refractivity contribution in [3.63, 3.8) is 0 Å². The van der Waals surface area contributed by atoms with Crippen LogP contribution in [0.25, 0.3) is 32.7 Å². The van der Waals surface area contributed by atoms with Crippen LogP contribution in [0.2, 0.25) is 0 Å². The second-order valence-corrected chi connectivity index (χ2v) is 7.69. The predicted molar refractivity (Wildman–Crippen MR) is 128 cm³/mol. The van der Waals surface area contributed by atoms with Crippen molar-refractivity contribution in [2.24, 2.45) is 0 Å². The zero-order valence-corrected chi connectivity index (χ0v) is 18.4. The molecule has 0 fully saturated rings. The highest BCUT2D eigenvalue weighted by Crippen LogP contribution is 2.39. The van der Waals surface area contributed by atoms with E-state index in [2.05, 4.69) is 0 Å². The maximum atomic E-state index is 13.1. The molecule has 0 spiro atoms. The molecular weight excluding hydrogens is 400 g/mol. The predicted octanol–water partition coefficient (Wildman–Crippen LogP) is 6.79. The van der Waals surface area contributed by atoms with Crippen molar-refractivity contribution in [2.45, 2.75) is 26.7 Å². The third-order valence-electron chi connectivity index (χ3n) is 5.42. The SMILES string of the molecule is CCCOC(=O)c1ccc2ccccc2c1-c1c(C(=O)OCCC)ccc2ccccc12. The van der Waals surface area contributed by atoms with Crippen molar-refractivity contribution < 1.29 is 19.1 Å². The number of benzene rings is 4. The van der Waals surface area contributed by atoms with E-state index in [0.717, 1.165) is 34.4 Å². The molecule has 0 aliphatic carbocycles. The second-order valence-electron chi connectivity index (χ2n) is 7.69. The van der Waals surface area contributed by atoms with Gasteiger partial charge in [0.05, 0.1) is 24.3 Å². The Bertz CT molecular complexity index is 1190. The van der Waals surface area contributed by atoms with Gasteiger partial charge in [0.1, 0.15) is 0 Å². The lowest BCUT2D eigenvalue weighted by Gasteiger charge is -2.18. The van der Waals surface area contributed by atoms with Crippen LogP contribution in [0.4, 0.5) is 0 Å². The summed E-state index contributed by atoms with van der Waals surface area (Å²) in [5.74, 6) is -0.790. The van der Waals surface area contributed by atoms with Crippen molar-refractivity contribution in [3.05, 3.63) is 83.9 Å². The van der Waals surface area contributed by atoms with Gasteiger partial charge in [0.15, 0.2) is 0 Å². The Morgan fingerprint density at radius 1 is 0.594 bits per heavy atom. The quantitative estimate of drug-likeness (QED) is 0.305. The molecule has 0 N–H and O–H groups in total. The number of rotatable bonds is 7. The van der Waals surface area contributed by atoms with Crippen LogP contribution in [0, 0.1) is 0 Å². The van der Waals surface area contributed by atoms with E-state index >= 15 is 0 Å². The Morgan fingerprint density at radius 3 is 1.41 bits per heavy atom. The molecular formula is C28H26O4. The van der Waals surface area contributed by atoms with Gasteiger partial charge in [-0.3, -0.25) is 0 Å². The number of hydrogen-bond donors (Lipinski definition) is 0. The molecule has 4 aromatic carbocycles. The van der Waals surface area contributed by atoms with Crippen LogP contribution in [0.1, 0.15) is 47.4 Å². The summed E-state index contributed by atoms with van der Waals surface area (Å²) in [4.78, 5) is 26.2. The fraction of sp³-hybridized carbons (Fsp3) is 0.214. The van der Waals surface area contributed by atoms with Gasteiger partial charge in [0.2, 0.25) is 0 Å². The lowest BCUT2D eigenvalue weighted by molar-refractivity contribution is 0.0494. The molecule has 162 valence electrons. The monoisotopic (exact) mass is 426 g/mol. The van der Waals surface area contributed by atoms with Gasteiger partial charge in [-0.2, -0.15) is 0 Å². The van der Waals surface area contributed by atoms with Gasteiger partial charge in [-0.15, -0.1) is 0 Å². The highest BCUT2D eigenvalue weighted by Gasteiger charge is 2.24. The summed E-state index contributed by atoms with van der Waals surface area (Å²) < 4.78 is 11.0. The minimum absolute atomic E-state index is 0.339. The molecule has 4 aromatic rings. The zero-order chi connectivity index (χ0) is 22.5. The van der Waals surface area contributed by atoms with E-state index in [1.54, 1.807) is 12.1 Å². The topological polar surface area (TPSA) is 52.6 Å². The molecule has 0 aliphatic heterocycles. The third-order valence-corrected chi connectivity index (χ3v) is 5.42. The number of carbonyl (C=O) groups excluding carboxylic acids is 2. The summed E-state index contributed by atoms with van der Waals surface area (Å²) in [5, 5.41) is 3.74. The molecule has 0 atom stereocenters. The van der Waals surface area contributed by atoms with Gasteiger partial charge in [0.25, 0.3) is 0 Å². The molecule has 0 bridgehead atoms. The van der Waals surface area contributed by atoms with Gasteiger partial charge >= 0.3 is 11.9 Å². The van der Waals surface area contributed by atoms with Gasteiger partial charge in [-0.1, -0.05) is 74.5 Å². The fourth-order valence-electron chi connectivity index (χ4n) is 3.97. The summed E-state index contributed by atoms with van der Waals surface area (Å²) in [6.07, 6.45) is 1.47. The average molecular weight is 427 g/mol. The van der Waals surface area contributed by atoms with Gasteiger partial charge in [-0.25, -0.2) is 9.59 Å². The molecule has 0 radical (unpaired) electrons. The van der Waals surface area contributed by atoms with Gasteiger partial charge in [-0.05, 0) is 46.5 Å². The van der Waals surface area contributed by atoms with E-state index in [1.807, 2.05) is 74.5 Å². The zero-order valence-electron chi connectivity index (χ0n) is 18.4. The maximum Gasteiger partial charge on any atom is 0.338 e. The minimum atomic E-state index is -0.395. The van der Waals surface area contributed by atoms with Crippen LogP contribution in [0.3, 0.4) is 0 Å². The molecule has 4 heteroatoms. The molecule has 0 aliphatic rings. The standard InChI is InChI=1S/C28H26O4/c1-3-17-31-27(29)23-15-13-19-9-5-7-11-21(19)25(23)26-22-12-8-6-10-20(22)14-16-24(26)28(30)32-18-4-2/h5-16H,3-4,17-18H2,1-2H3. The van der Waals surface area contributed by atoms with Crippen LogP contribution >= 0.6 is 0 Å². The summed E-state index contributed by atoms with van der Waals surface area (Å²) in [7, 11) is 0. The number of ether oxygens (including phenoxy) is 2. The van der Waals surface area contributed by atoms with Crippen molar-refractivity contribution >= 4 is 33.5 Å². The molecule has 4 nitrogen and oxygen atoms in total. The Labute approximate surface area is 187 Å². The molecule has 0 amide bonds. The minimum Gasteiger partial charge on any atom is -0.462 e. The van der Waals surface area contributed by atoms with Crippen LogP contribution in [-0.4, -0.2) is 25.2 Å². The summed E-state index contributed by atoms with van der Waals surface area (Å²) in [6.45, 7) is 4.60. The lowest BCUT2D eigenvalue weighted by atomic mass is 9.87. The second kappa shape index (κ2) is 9.65. The first-order valence-corrected chi connectivity index (χ1v) is 11.0. The highest BCUT2D eigenvalue weighted by molar-refractivity contribution is 6.17. The first-order chi connectivity index (χ1) is 15.7. The third kappa shape index (κ3) is 4.09. The van der Waals surface area contributed by atoms with E-state index in [1.165, 1.54) is 0 Å². The highest BCUT2D eigenvalue weighted by atomic mass is 16.5. The molecule has 4 rings (SSSR count). The first kappa shape index (κ1) is 21.6. The Balaban J connectivity index is 2.07. The Kier molecular flexibility index (Phi) is 6.50. The summed E-state index contributed by atoms with van der Waals surface area (Å²) in [6, 6.07) is 23.2. The molecule has 0 heterocycles. The first-order valence-electron chi connectivity index (χ1n) is 11.0. The average Bonchev–Trinajstić information content (AvgIpc) is 2.84. The number of esters is 2. The van der Waals surface area contributed by atoms with E-state index in [4.69, 9.17) is 9.47 Å². The number of carbonyl (C=O) groups is 2. The van der Waals surface area contributed by atoms with Crippen LogP contribution in [0.5, 0.6) is 0 Å². The normalized spacial score (nSPS) is 10.9. The molecule has 0 aromatic heterocycles.